The summed E-state index contributed by atoms with van der Waals surface area (Å²) < 4.78 is 19.6. The van der Waals surface area contributed by atoms with E-state index in [1.807, 2.05) is 43.0 Å². The highest BCUT2D eigenvalue weighted by molar-refractivity contribution is 8.71. The molecule has 1 aliphatic rings. The fourth-order valence-electron chi connectivity index (χ4n) is 2.99. The van der Waals surface area contributed by atoms with Crippen molar-refractivity contribution in [3.8, 4) is 0 Å². The molecule has 4 nitrogen and oxygen atoms in total. The van der Waals surface area contributed by atoms with E-state index in [0.29, 0.717) is 19.8 Å². The molecule has 1 aromatic rings. The van der Waals surface area contributed by atoms with Crippen LogP contribution < -0.4 is 0 Å². The first kappa shape index (κ1) is 22.5. The van der Waals surface area contributed by atoms with Gasteiger partial charge in [0, 0.05) is 45.5 Å². The fourth-order valence-corrected chi connectivity index (χ4v) is 12.0. The average molecular weight is 468 g/mol. The minimum Gasteiger partial charge on any atom is -0.426 e. The van der Waals surface area contributed by atoms with Crippen LogP contribution in [0.5, 0.6) is 0 Å². The first-order chi connectivity index (χ1) is 12.5. The second kappa shape index (κ2) is 10.1. The monoisotopic (exact) mass is 467 g/mol. The summed E-state index contributed by atoms with van der Waals surface area (Å²) in [5, 5.41) is 1.07. The maximum absolute atomic E-state index is 6.00. The lowest BCUT2D eigenvalue weighted by Gasteiger charge is -2.28. The Labute approximate surface area is 175 Å². The molecule has 0 fully saturated rings. The zero-order valence-electron chi connectivity index (χ0n) is 15.3. The number of para-hydroxylation sites is 1. The molecule has 1 aliphatic heterocycles. The van der Waals surface area contributed by atoms with Crippen LogP contribution >= 0.6 is 0 Å². The first-order valence-electron chi connectivity index (χ1n) is 8.67. The maximum Gasteiger partial charge on any atom is 0.500 e. The van der Waals surface area contributed by atoms with Crippen LogP contribution in [-0.4, -0.2) is 37.6 Å². The van der Waals surface area contributed by atoms with Gasteiger partial charge in [-0.3, -0.25) is 3.98 Å². The molecule has 0 saturated carbocycles. The number of fused-ring (bicyclic) bond motifs is 1. The van der Waals surface area contributed by atoms with Gasteiger partial charge in [-0.1, -0.05) is 12.1 Å². The van der Waals surface area contributed by atoms with Crippen LogP contribution in [0, 0.1) is 0 Å². The molecule has 1 aromatic carbocycles. The lowest BCUT2D eigenvalue weighted by molar-refractivity contribution is -0.235. The third-order valence-electron chi connectivity index (χ3n) is 3.97. The molecule has 0 aromatic heterocycles. The molecule has 1 atom stereocenters. The van der Waals surface area contributed by atoms with Gasteiger partial charge in [0.15, 0.2) is 0 Å². The Kier molecular flexibility index (Phi) is 8.76. The maximum atomic E-state index is 6.00. The topological polar surface area (TPSA) is 30.7 Å². The predicted molar refractivity (Wildman–Crippen MR) is 121 cm³/mol. The second-order valence-corrected chi connectivity index (χ2v) is 16.0. The number of hydrogen-bond donors (Lipinski definition) is 0. The van der Waals surface area contributed by atoms with Gasteiger partial charge in [-0.15, -0.1) is 0 Å². The van der Waals surface area contributed by atoms with Gasteiger partial charge >= 0.3 is 8.80 Å². The Balaban J connectivity index is 2.22. The van der Waals surface area contributed by atoms with Crippen LogP contribution in [0.2, 0.25) is 6.04 Å². The highest BCUT2D eigenvalue weighted by Gasteiger charge is 2.41. The molecule has 26 heavy (non-hydrogen) atoms. The summed E-state index contributed by atoms with van der Waals surface area (Å²) in [6, 6.07) is 8.82. The quantitative estimate of drug-likeness (QED) is 0.297. The molecule has 146 valence electrons. The van der Waals surface area contributed by atoms with Gasteiger partial charge in [-0.05, 0) is 64.5 Å². The lowest BCUT2D eigenvalue weighted by atomic mass is 10.3. The van der Waals surface area contributed by atoms with Crippen LogP contribution in [-0.2, 0) is 64.5 Å². The van der Waals surface area contributed by atoms with Crippen molar-refractivity contribution in [1.29, 1.82) is 0 Å². The van der Waals surface area contributed by atoms with Crippen molar-refractivity contribution < 1.29 is 17.3 Å². The molecule has 0 spiro atoms. The molecule has 10 heteroatoms. The van der Waals surface area contributed by atoms with Gasteiger partial charge in [-0.2, -0.15) is 0 Å². The standard InChI is InChI=1S/C16H25NO3S5Si/c1-4-18-26(19-5-2,20-6-3)13-9-12-16-17(21)14-10-7-8-11-15(14)25(16,23)24-22/h7-8,10-11H,4-6,9,12-13H2,1-3H3. The van der Waals surface area contributed by atoms with Crippen LogP contribution in [0.15, 0.2) is 29.2 Å². The molecule has 0 saturated heterocycles. The molecule has 0 N–H and O–H groups in total. The predicted octanol–water partition coefficient (Wildman–Crippen LogP) is 3.47. The summed E-state index contributed by atoms with van der Waals surface area (Å²) in [6.07, 6.45) is 1.63. The molecule has 2 rings (SSSR count). The Morgan fingerprint density at radius 3 is 2.23 bits per heavy atom. The largest absolute Gasteiger partial charge is 0.500 e. The van der Waals surface area contributed by atoms with Gasteiger partial charge in [0.05, 0.1) is 4.90 Å². The van der Waals surface area contributed by atoms with E-state index < -0.39 is 16.0 Å². The molecule has 1 unspecified atom stereocenters. The summed E-state index contributed by atoms with van der Waals surface area (Å²) in [4.78, 5) is 1.10. The Hall–Kier alpha value is 0.217. The van der Waals surface area contributed by atoms with E-state index in [1.165, 1.54) is 8.88 Å². The average Bonchev–Trinajstić information content (AvgIpc) is 2.85. The summed E-state index contributed by atoms with van der Waals surface area (Å²) >= 11 is 17.0. The van der Waals surface area contributed by atoms with Crippen LogP contribution in [0.3, 0.4) is 0 Å². The van der Waals surface area contributed by atoms with Crippen LogP contribution in [0.25, 0.3) is 0 Å². The van der Waals surface area contributed by atoms with E-state index in [0.717, 1.165) is 34.5 Å². The van der Waals surface area contributed by atoms with Crippen molar-refractivity contribution in [1.82, 2.24) is 0 Å². The van der Waals surface area contributed by atoms with E-state index >= 15 is 0 Å². The molecular formula is C16H25NO3S5Si. The normalized spacial score (nSPS) is 19.7. The highest BCUT2D eigenvalue weighted by Crippen LogP contribution is 2.34. The molecule has 0 amide bonds. The third-order valence-corrected chi connectivity index (χ3v) is 15.8. The first-order valence-corrected chi connectivity index (χ1v) is 15.8. The van der Waals surface area contributed by atoms with Crippen LogP contribution in [0.4, 0.5) is 5.69 Å². The number of benzene rings is 1. The fraction of sp³-hybridized carbons (Fsp3) is 0.562. The Morgan fingerprint density at radius 2 is 1.69 bits per heavy atom. The zero-order valence-corrected chi connectivity index (χ0v) is 20.3. The number of nitrogens with zero attached hydrogens (tertiary/aromatic N) is 1. The number of hydrogen-bond acceptors (Lipinski definition) is 6. The highest BCUT2D eigenvalue weighted by atomic mass is 33.2. The van der Waals surface area contributed by atoms with Crippen molar-refractivity contribution in [2.24, 2.45) is 0 Å². The van der Waals surface area contributed by atoms with Crippen molar-refractivity contribution in [3.63, 3.8) is 0 Å². The summed E-state index contributed by atoms with van der Waals surface area (Å²) in [7, 11) is -3.02. The summed E-state index contributed by atoms with van der Waals surface area (Å²) in [5.41, 5.74) is 1.00. The van der Waals surface area contributed by atoms with E-state index in [9.17, 15) is 0 Å². The molecule has 0 bridgehead atoms. The van der Waals surface area contributed by atoms with Crippen LogP contribution in [0.1, 0.15) is 33.6 Å². The molecule has 0 aliphatic carbocycles. The van der Waals surface area contributed by atoms with Gasteiger partial charge in [0.2, 0.25) is 10.7 Å². The zero-order chi connectivity index (χ0) is 19.2. The molecule has 1 heterocycles. The summed E-state index contributed by atoms with van der Waals surface area (Å²) in [6.45, 7) is 7.66. The Bertz CT molecular complexity index is 799. The minimum absolute atomic E-state index is 0.583. The van der Waals surface area contributed by atoms with E-state index in [1.54, 1.807) is 0 Å². The van der Waals surface area contributed by atoms with E-state index in [-0.39, 0.29) is 0 Å². The van der Waals surface area contributed by atoms with E-state index in [2.05, 4.69) is 6.07 Å². The SMILES string of the molecule is CCO[Si](CCCC1=[N+]([S-])c2ccccc2S1(=S)=S=S)(OCC)OCC. The van der Waals surface area contributed by atoms with Gasteiger partial charge < -0.3 is 26.1 Å². The van der Waals surface area contributed by atoms with Gasteiger partial charge in [-0.25, -0.2) is 0 Å². The lowest BCUT2D eigenvalue weighted by Crippen LogP contribution is -2.46. The minimum atomic E-state index is -2.65. The number of rotatable bonds is 10. The Morgan fingerprint density at radius 1 is 1.12 bits per heavy atom. The van der Waals surface area contributed by atoms with E-state index in [4.69, 9.17) is 48.5 Å². The smallest absolute Gasteiger partial charge is 0.426 e. The molecular weight excluding hydrogens is 443 g/mol. The summed E-state index contributed by atoms with van der Waals surface area (Å²) in [5.74, 6) is 0. The van der Waals surface area contributed by atoms with Crippen molar-refractivity contribution in [3.05, 3.63) is 24.3 Å². The third kappa shape index (κ3) is 4.61. The second-order valence-electron chi connectivity index (χ2n) is 5.56. The van der Waals surface area contributed by atoms with Crippen molar-refractivity contribution >= 4 is 70.8 Å². The molecule has 0 radical (unpaired) electrons. The van der Waals surface area contributed by atoms with Gasteiger partial charge in [0.1, 0.15) is 0 Å². The van der Waals surface area contributed by atoms with Crippen molar-refractivity contribution in [2.45, 2.75) is 44.6 Å². The van der Waals surface area contributed by atoms with Crippen molar-refractivity contribution in [2.75, 3.05) is 19.8 Å². The van der Waals surface area contributed by atoms with Gasteiger partial charge in [0.25, 0.3) is 0 Å².